The third-order valence-electron chi connectivity index (χ3n) is 1.60. The van der Waals surface area contributed by atoms with Crippen LogP contribution in [-0.2, 0) is 0 Å². The summed E-state index contributed by atoms with van der Waals surface area (Å²) < 4.78 is 0. The summed E-state index contributed by atoms with van der Waals surface area (Å²) in [4.78, 5) is 0. The van der Waals surface area contributed by atoms with Crippen LogP contribution in [0.4, 0.5) is 0 Å². The summed E-state index contributed by atoms with van der Waals surface area (Å²) >= 11 is 0. The molecule has 10 heavy (non-hydrogen) atoms. The monoisotopic (exact) mass is 169 g/mol. The van der Waals surface area contributed by atoms with Crippen LogP contribution in [0.3, 0.4) is 0 Å². The second-order valence-corrected chi connectivity index (χ2v) is 2.62. The van der Waals surface area contributed by atoms with E-state index < -0.39 is 0 Å². The van der Waals surface area contributed by atoms with Crippen LogP contribution in [0.1, 0.15) is 51.9 Å². The summed E-state index contributed by atoms with van der Waals surface area (Å²) in [6.07, 6.45) is 9.45. The summed E-state index contributed by atoms with van der Waals surface area (Å²) in [6.45, 7) is 6.05. The first-order chi connectivity index (χ1) is 4.41. The van der Waals surface area contributed by atoms with Gasteiger partial charge in [0.2, 0.25) is 0 Å². The van der Waals surface area contributed by atoms with Crippen LogP contribution in [0.15, 0.2) is 0 Å². The van der Waals surface area contributed by atoms with E-state index in [0.29, 0.717) is 0 Å². The van der Waals surface area contributed by atoms with E-state index in [9.17, 15) is 0 Å². The number of rotatable bonds is 6. The fourth-order valence-electron chi connectivity index (χ4n) is 0.957. The molecule has 1 radical (unpaired) electrons. The Morgan fingerprint density at radius 3 is 1.90 bits per heavy atom. The molecule has 0 aliphatic rings. The Bertz CT molecular complexity index is 38.0. The maximum atomic E-state index is 3.80. The van der Waals surface area contributed by atoms with Crippen molar-refractivity contribution < 1.29 is 0 Å². The second kappa shape index (κ2) is 12.9. The van der Waals surface area contributed by atoms with Crippen LogP contribution < -0.4 is 0 Å². The molecule has 0 amide bonds. The number of hydrogen-bond donors (Lipinski definition) is 0. The maximum absolute atomic E-state index is 3.80. The van der Waals surface area contributed by atoms with Gasteiger partial charge in [0.15, 0.2) is 0 Å². The minimum absolute atomic E-state index is 0. The van der Waals surface area contributed by atoms with Gasteiger partial charge in [-0.25, -0.2) is 0 Å². The molecule has 0 aromatic rings. The molecule has 1 heteroatoms. The van der Waals surface area contributed by atoms with Crippen LogP contribution in [-0.4, -0.2) is 37.7 Å². The molecule has 0 heterocycles. The van der Waals surface area contributed by atoms with Gasteiger partial charge in [0, 0.05) is 0 Å². The van der Waals surface area contributed by atoms with E-state index in [1.165, 1.54) is 38.5 Å². The molecular formula is C9H21Ca. The molecule has 0 N–H and O–H groups in total. The molecule has 0 rings (SSSR count). The molecule has 0 fully saturated rings. The summed E-state index contributed by atoms with van der Waals surface area (Å²) in [6, 6.07) is 0. The van der Waals surface area contributed by atoms with E-state index in [2.05, 4.69) is 13.8 Å². The molecule has 0 saturated heterocycles. The standard InChI is InChI=1S/C9H19.Ca.2H/c1-3-5-7-9-8-6-4-2;;;/h1,3-9H2,2H3;;;. The van der Waals surface area contributed by atoms with E-state index in [-0.39, 0.29) is 37.7 Å². The van der Waals surface area contributed by atoms with Gasteiger partial charge in [-0.3, -0.25) is 0 Å². The molecule has 0 atom stereocenters. The molecule has 59 valence electrons. The zero-order valence-electron chi connectivity index (χ0n) is 6.66. The van der Waals surface area contributed by atoms with Crippen LogP contribution in [0.25, 0.3) is 0 Å². The first-order valence-corrected chi connectivity index (χ1v) is 4.21. The topological polar surface area (TPSA) is 0 Å². The molecule has 0 bridgehead atoms. The Morgan fingerprint density at radius 2 is 1.40 bits per heavy atom. The van der Waals surface area contributed by atoms with Crippen molar-refractivity contribution in [1.29, 1.82) is 0 Å². The van der Waals surface area contributed by atoms with Crippen molar-refractivity contribution in [3.05, 3.63) is 6.92 Å². The Balaban J connectivity index is 0. The third-order valence-corrected chi connectivity index (χ3v) is 1.60. The SMILES string of the molecule is [CH2]CCCCCCCC.[CaH2]. The van der Waals surface area contributed by atoms with Gasteiger partial charge >= 0.3 is 37.7 Å². The predicted octanol–water partition coefficient (Wildman–Crippen LogP) is 2.65. The van der Waals surface area contributed by atoms with Crippen LogP contribution in [0, 0.1) is 6.92 Å². The average Bonchev–Trinajstić information content (AvgIpc) is 1.89. The minimum atomic E-state index is 0. The predicted molar refractivity (Wildman–Crippen MR) is 51.9 cm³/mol. The molecule has 0 aromatic heterocycles. The van der Waals surface area contributed by atoms with Crippen LogP contribution in [0.5, 0.6) is 0 Å². The summed E-state index contributed by atoms with van der Waals surface area (Å²) in [5, 5.41) is 0. The van der Waals surface area contributed by atoms with Crippen molar-refractivity contribution in [2.45, 2.75) is 51.9 Å². The van der Waals surface area contributed by atoms with E-state index >= 15 is 0 Å². The third kappa shape index (κ3) is 12.0. The number of hydrogen-bond acceptors (Lipinski definition) is 0. The van der Waals surface area contributed by atoms with Gasteiger partial charge in [0.05, 0.1) is 0 Å². The van der Waals surface area contributed by atoms with Gasteiger partial charge in [-0.15, -0.1) is 0 Å². The Hall–Kier alpha value is 1.26. The Labute approximate surface area is 95.8 Å². The molecule has 0 saturated carbocycles. The molecular weight excluding hydrogens is 148 g/mol. The van der Waals surface area contributed by atoms with Crippen molar-refractivity contribution in [3.8, 4) is 0 Å². The molecule has 0 aliphatic heterocycles. The van der Waals surface area contributed by atoms with Gasteiger partial charge in [-0.1, -0.05) is 58.8 Å². The van der Waals surface area contributed by atoms with Gasteiger partial charge in [-0.2, -0.15) is 0 Å². The quantitative estimate of drug-likeness (QED) is 0.423. The molecule has 0 nitrogen and oxygen atoms in total. The van der Waals surface area contributed by atoms with Crippen molar-refractivity contribution in [2.75, 3.05) is 0 Å². The van der Waals surface area contributed by atoms with Gasteiger partial charge in [0.25, 0.3) is 0 Å². The van der Waals surface area contributed by atoms with Crippen molar-refractivity contribution >= 4 is 37.7 Å². The summed E-state index contributed by atoms with van der Waals surface area (Å²) in [7, 11) is 0. The zero-order chi connectivity index (χ0) is 6.95. The molecule has 0 aliphatic carbocycles. The summed E-state index contributed by atoms with van der Waals surface area (Å²) in [5.74, 6) is 0. The first-order valence-electron chi connectivity index (χ1n) is 4.21. The summed E-state index contributed by atoms with van der Waals surface area (Å²) in [5.41, 5.74) is 0. The van der Waals surface area contributed by atoms with Crippen molar-refractivity contribution in [3.63, 3.8) is 0 Å². The van der Waals surface area contributed by atoms with E-state index in [4.69, 9.17) is 0 Å². The van der Waals surface area contributed by atoms with Crippen LogP contribution >= 0.6 is 0 Å². The first kappa shape index (κ1) is 13.8. The van der Waals surface area contributed by atoms with Crippen LogP contribution in [0.2, 0.25) is 0 Å². The van der Waals surface area contributed by atoms with E-state index in [0.717, 1.165) is 6.42 Å². The normalized spacial score (nSPS) is 9.00. The zero-order valence-corrected chi connectivity index (χ0v) is 6.66. The van der Waals surface area contributed by atoms with Gasteiger partial charge in [0.1, 0.15) is 0 Å². The molecule has 0 spiro atoms. The fraction of sp³-hybridized carbons (Fsp3) is 0.889. The van der Waals surface area contributed by atoms with Gasteiger partial charge < -0.3 is 0 Å². The number of unbranched alkanes of at least 4 members (excludes halogenated alkanes) is 6. The van der Waals surface area contributed by atoms with E-state index in [1.54, 1.807) is 0 Å². The van der Waals surface area contributed by atoms with Gasteiger partial charge in [-0.05, 0) is 0 Å². The Morgan fingerprint density at radius 1 is 0.900 bits per heavy atom. The molecule has 0 aromatic carbocycles. The van der Waals surface area contributed by atoms with Crippen molar-refractivity contribution in [1.82, 2.24) is 0 Å². The Kier molecular flexibility index (Phi) is 17.8. The van der Waals surface area contributed by atoms with E-state index in [1.807, 2.05) is 0 Å². The average molecular weight is 169 g/mol. The molecule has 0 unspecified atom stereocenters. The second-order valence-electron chi connectivity index (χ2n) is 2.62. The fourth-order valence-corrected chi connectivity index (χ4v) is 0.957. The van der Waals surface area contributed by atoms with Crippen molar-refractivity contribution in [2.24, 2.45) is 0 Å².